The Kier molecular flexibility index (Phi) is 4.29. The van der Waals surface area contributed by atoms with Gasteiger partial charge in [0, 0.05) is 24.8 Å². The maximum Gasteiger partial charge on any atom is 0.151 e. The highest BCUT2D eigenvalue weighted by atomic mass is 16.1. The van der Waals surface area contributed by atoms with E-state index in [4.69, 9.17) is 0 Å². The van der Waals surface area contributed by atoms with Gasteiger partial charge in [-0.2, -0.15) is 0 Å². The van der Waals surface area contributed by atoms with E-state index in [1.807, 2.05) is 12.1 Å². The predicted molar refractivity (Wildman–Crippen MR) is 84.7 cm³/mol. The molecule has 2 aromatic rings. The first-order chi connectivity index (χ1) is 10.3. The number of aromatic nitrogens is 1. The molecule has 1 aromatic carbocycles. The third kappa shape index (κ3) is 3.48. The molecule has 1 fully saturated rings. The highest BCUT2D eigenvalue weighted by Crippen LogP contribution is 2.24. The molecule has 0 amide bonds. The summed E-state index contributed by atoms with van der Waals surface area (Å²) in [7, 11) is 0. The van der Waals surface area contributed by atoms with Crippen LogP contribution in [-0.2, 0) is 6.42 Å². The van der Waals surface area contributed by atoms with E-state index in [0.717, 1.165) is 31.1 Å². The van der Waals surface area contributed by atoms with Crippen molar-refractivity contribution in [1.29, 1.82) is 0 Å². The van der Waals surface area contributed by atoms with Crippen molar-refractivity contribution in [2.24, 2.45) is 5.92 Å². The number of piperidine rings is 1. The van der Waals surface area contributed by atoms with Gasteiger partial charge in [-0.3, -0.25) is 4.79 Å². The normalized spacial score (nSPS) is 15.9. The summed E-state index contributed by atoms with van der Waals surface area (Å²) in [6.45, 7) is 2.09. The summed E-state index contributed by atoms with van der Waals surface area (Å²) in [5.74, 6) is 1.75. The van der Waals surface area contributed by atoms with Crippen LogP contribution in [0.5, 0.6) is 0 Å². The Labute approximate surface area is 125 Å². The highest BCUT2D eigenvalue weighted by Gasteiger charge is 2.20. The first-order valence-electron chi connectivity index (χ1n) is 7.55. The van der Waals surface area contributed by atoms with Crippen molar-refractivity contribution in [1.82, 2.24) is 4.98 Å². The SMILES string of the molecule is O=Cc1ccc(N2CCC(Cc3ccccc3)CC2)nc1. The number of anilines is 1. The Morgan fingerprint density at radius 2 is 1.86 bits per heavy atom. The van der Waals surface area contributed by atoms with Crippen molar-refractivity contribution in [3.8, 4) is 0 Å². The van der Waals surface area contributed by atoms with Crippen LogP contribution < -0.4 is 4.90 Å². The lowest BCUT2D eigenvalue weighted by molar-refractivity contribution is 0.112. The monoisotopic (exact) mass is 280 g/mol. The molecule has 21 heavy (non-hydrogen) atoms. The van der Waals surface area contributed by atoms with Gasteiger partial charge >= 0.3 is 0 Å². The maximum absolute atomic E-state index is 10.7. The van der Waals surface area contributed by atoms with E-state index in [1.54, 1.807) is 6.20 Å². The number of nitrogens with zero attached hydrogens (tertiary/aromatic N) is 2. The molecule has 0 atom stereocenters. The zero-order chi connectivity index (χ0) is 14.5. The van der Waals surface area contributed by atoms with Crippen LogP contribution in [0.15, 0.2) is 48.7 Å². The smallest absolute Gasteiger partial charge is 0.151 e. The molecule has 1 aromatic heterocycles. The molecule has 0 unspecified atom stereocenters. The quantitative estimate of drug-likeness (QED) is 0.805. The van der Waals surface area contributed by atoms with E-state index in [0.29, 0.717) is 5.56 Å². The average molecular weight is 280 g/mol. The van der Waals surface area contributed by atoms with Gasteiger partial charge in [0.25, 0.3) is 0 Å². The highest BCUT2D eigenvalue weighted by molar-refractivity contribution is 5.74. The van der Waals surface area contributed by atoms with Crippen molar-refractivity contribution in [3.63, 3.8) is 0 Å². The summed E-state index contributed by atoms with van der Waals surface area (Å²) in [6, 6.07) is 14.5. The van der Waals surface area contributed by atoms with Crippen LogP contribution in [0, 0.1) is 5.92 Å². The summed E-state index contributed by atoms with van der Waals surface area (Å²) < 4.78 is 0. The maximum atomic E-state index is 10.7. The molecule has 3 rings (SSSR count). The molecule has 0 radical (unpaired) electrons. The molecule has 0 saturated carbocycles. The van der Waals surface area contributed by atoms with Gasteiger partial charge in [0.1, 0.15) is 5.82 Å². The molecular formula is C18H20N2O. The number of aldehydes is 1. The predicted octanol–water partition coefficient (Wildman–Crippen LogP) is 3.35. The number of hydrogen-bond donors (Lipinski definition) is 0. The molecule has 3 nitrogen and oxygen atoms in total. The van der Waals surface area contributed by atoms with Crippen molar-refractivity contribution in [3.05, 3.63) is 59.8 Å². The lowest BCUT2D eigenvalue weighted by Crippen LogP contribution is -2.34. The lowest BCUT2D eigenvalue weighted by Gasteiger charge is -2.32. The van der Waals surface area contributed by atoms with E-state index < -0.39 is 0 Å². The first kappa shape index (κ1) is 13.8. The number of carbonyl (C=O) groups excluding carboxylic acids is 1. The second-order valence-corrected chi connectivity index (χ2v) is 5.69. The average Bonchev–Trinajstić information content (AvgIpc) is 2.57. The Morgan fingerprint density at radius 3 is 2.48 bits per heavy atom. The van der Waals surface area contributed by atoms with E-state index in [-0.39, 0.29) is 0 Å². The molecule has 108 valence electrons. The minimum absolute atomic E-state index is 0.637. The molecule has 2 heterocycles. The number of benzene rings is 1. The van der Waals surface area contributed by atoms with Crippen molar-refractivity contribution < 1.29 is 4.79 Å². The minimum atomic E-state index is 0.637. The van der Waals surface area contributed by atoms with Gasteiger partial charge in [0.05, 0.1) is 0 Å². The second-order valence-electron chi connectivity index (χ2n) is 5.69. The van der Waals surface area contributed by atoms with E-state index >= 15 is 0 Å². The van der Waals surface area contributed by atoms with E-state index in [9.17, 15) is 4.79 Å². The van der Waals surface area contributed by atoms with Crippen LogP contribution in [0.2, 0.25) is 0 Å². The summed E-state index contributed by atoms with van der Waals surface area (Å²) >= 11 is 0. The summed E-state index contributed by atoms with van der Waals surface area (Å²) in [5, 5.41) is 0. The van der Waals surface area contributed by atoms with Gasteiger partial charge in [0.15, 0.2) is 6.29 Å². The molecule has 1 aliphatic rings. The standard InChI is InChI=1S/C18H20N2O/c21-14-17-6-7-18(19-13-17)20-10-8-16(9-11-20)12-15-4-2-1-3-5-15/h1-7,13-14,16H,8-12H2. The molecule has 0 bridgehead atoms. The fourth-order valence-corrected chi connectivity index (χ4v) is 2.97. The Hall–Kier alpha value is -2.16. The van der Waals surface area contributed by atoms with Crippen LogP contribution in [0.1, 0.15) is 28.8 Å². The van der Waals surface area contributed by atoms with Crippen LogP contribution in [0.25, 0.3) is 0 Å². The molecule has 0 spiro atoms. The van der Waals surface area contributed by atoms with Crippen LogP contribution >= 0.6 is 0 Å². The van der Waals surface area contributed by atoms with Crippen molar-refractivity contribution >= 4 is 12.1 Å². The van der Waals surface area contributed by atoms with Gasteiger partial charge in [-0.1, -0.05) is 30.3 Å². The zero-order valence-electron chi connectivity index (χ0n) is 12.1. The summed E-state index contributed by atoms with van der Waals surface area (Å²) in [6.07, 6.45) is 6.06. The molecule has 0 aliphatic carbocycles. The summed E-state index contributed by atoms with van der Waals surface area (Å²) in [4.78, 5) is 17.3. The third-order valence-corrected chi connectivity index (χ3v) is 4.21. The largest absolute Gasteiger partial charge is 0.357 e. The van der Waals surface area contributed by atoms with Gasteiger partial charge in [-0.15, -0.1) is 0 Å². The fraction of sp³-hybridized carbons (Fsp3) is 0.333. The third-order valence-electron chi connectivity index (χ3n) is 4.21. The Morgan fingerprint density at radius 1 is 1.10 bits per heavy atom. The summed E-state index contributed by atoms with van der Waals surface area (Å²) in [5.41, 5.74) is 2.07. The van der Waals surface area contributed by atoms with Crippen molar-refractivity contribution in [2.75, 3.05) is 18.0 Å². The molecule has 3 heteroatoms. The van der Waals surface area contributed by atoms with Crippen LogP contribution in [-0.4, -0.2) is 24.4 Å². The van der Waals surface area contributed by atoms with Gasteiger partial charge in [-0.25, -0.2) is 4.98 Å². The van der Waals surface area contributed by atoms with Crippen LogP contribution in [0.3, 0.4) is 0 Å². The Balaban J connectivity index is 1.56. The number of rotatable bonds is 4. The van der Waals surface area contributed by atoms with E-state index in [2.05, 4.69) is 40.2 Å². The van der Waals surface area contributed by atoms with E-state index in [1.165, 1.54) is 24.8 Å². The second kappa shape index (κ2) is 6.53. The number of carbonyl (C=O) groups is 1. The van der Waals surface area contributed by atoms with Gasteiger partial charge in [0.2, 0.25) is 0 Å². The fourth-order valence-electron chi connectivity index (χ4n) is 2.97. The molecule has 1 saturated heterocycles. The van der Waals surface area contributed by atoms with Crippen molar-refractivity contribution in [2.45, 2.75) is 19.3 Å². The zero-order valence-corrected chi connectivity index (χ0v) is 12.1. The minimum Gasteiger partial charge on any atom is -0.357 e. The molecular weight excluding hydrogens is 260 g/mol. The number of hydrogen-bond acceptors (Lipinski definition) is 3. The molecule has 1 aliphatic heterocycles. The first-order valence-corrected chi connectivity index (χ1v) is 7.55. The van der Waals surface area contributed by atoms with Crippen LogP contribution in [0.4, 0.5) is 5.82 Å². The Bertz CT molecular complexity index is 572. The lowest BCUT2D eigenvalue weighted by atomic mass is 9.90. The van der Waals surface area contributed by atoms with Gasteiger partial charge in [-0.05, 0) is 42.9 Å². The molecule has 0 N–H and O–H groups in total. The topological polar surface area (TPSA) is 33.2 Å². The van der Waals surface area contributed by atoms with Gasteiger partial charge < -0.3 is 4.90 Å². The number of pyridine rings is 1.